The van der Waals surface area contributed by atoms with Gasteiger partial charge in [-0.05, 0) is 48.9 Å². The second-order valence-electron chi connectivity index (χ2n) is 6.53. The third-order valence-electron chi connectivity index (χ3n) is 4.40. The Labute approximate surface area is 169 Å². The average Bonchev–Trinajstić information content (AvgIpc) is 3.06. The number of rotatable bonds is 8. The minimum atomic E-state index is -0.287. The van der Waals surface area contributed by atoms with Crippen LogP contribution in [0.3, 0.4) is 0 Å². The van der Waals surface area contributed by atoms with Gasteiger partial charge in [0.15, 0.2) is 11.6 Å². The fourth-order valence-corrected chi connectivity index (χ4v) is 3.44. The molecule has 142 valence electrons. The maximum Gasteiger partial charge on any atom is 0.163 e. The van der Waals surface area contributed by atoms with Crippen molar-refractivity contribution in [1.82, 2.24) is 14.8 Å². The van der Waals surface area contributed by atoms with Crippen molar-refractivity contribution in [3.63, 3.8) is 0 Å². The van der Waals surface area contributed by atoms with E-state index in [4.69, 9.17) is 28.2 Å². The van der Waals surface area contributed by atoms with E-state index in [2.05, 4.69) is 12.0 Å². The van der Waals surface area contributed by atoms with Crippen molar-refractivity contribution in [1.29, 1.82) is 0 Å². The van der Waals surface area contributed by atoms with E-state index in [1.165, 1.54) is 31.4 Å². The second-order valence-corrected chi connectivity index (χ2v) is 7.37. The van der Waals surface area contributed by atoms with E-state index in [9.17, 15) is 4.39 Å². The van der Waals surface area contributed by atoms with Gasteiger partial charge in [0.2, 0.25) is 0 Å². The molecule has 1 heterocycles. The molecule has 27 heavy (non-hydrogen) atoms. The zero-order chi connectivity index (χ0) is 19.2. The summed E-state index contributed by atoms with van der Waals surface area (Å²) in [5, 5.41) is 5.72. The predicted octanol–water partition coefficient (Wildman–Crippen LogP) is 6.89. The molecule has 3 nitrogen and oxygen atoms in total. The highest BCUT2D eigenvalue weighted by molar-refractivity contribution is 6.35. The highest BCUT2D eigenvalue weighted by Gasteiger charge is 2.16. The summed E-state index contributed by atoms with van der Waals surface area (Å²) in [6, 6.07) is 11.5. The summed E-state index contributed by atoms with van der Waals surface area (Å²) in [7, 11) is 0. The number of hydrogen-bond acceptors (Lipinski definition) is 2. The normalized spacial score (nSPS) is 11.1. The Bertz CT molecular complexity index is 891. The van der Waals surface area contributed by atoms with Gasteiger partial charge >= 0.3 is 0 Å². The Morgan fingerprint density at radius 3 is 2.41 bits per heavy atom. The molecule has 0 N–H and O–H groups in total. The fourth-order valence-electron chi connectivity index (χ4n) is 2.95. The first-order valence-electron chi connectivity index (χ1n) is 9.26. The zero-order valence-electron chi connectivity index (χ0n) is 15.3. The van der Waals surface area contributed by atoms with E-state index in [-0.39, 0.29) is 5.82 Å². The molecule has 0 saturated heterocycles. The van der Waals surface area contributed by atoms with Crippen LogP contribution < -0.4 is 0 Å². The topological polar surface area (TPSA) is 30.7 Å². The number of aryl methyl sites for hydroxylation is 1. The molecule has 0 atom stereocenters. The van der Waals surface area contributed by atoms with Crippen molar-refractivity contribution >= 4 is 23.2 Å². The molecule has 1 aromatic heterocycles. The Morgan fingerprint density at radius 2 is 1.70 bits per heavy atom. The third-order valence-corrected chi connectivity index (χ3v) is 4.93. The van der Waals surface area contributed by atoms with Crippen molar-refractivity contribution in [3.8, 4) is 17.1 Å². The quantitative estimate of drug-likeness (QED) is 0.381. The number of aromatic nitrogens is 3. The molecule has 2 aromatic carbocycles. The SMILES string of the molecule is CCCCCCCc1nc(-c2ccc(F)cc2)n(-c2ccc(Cl)cc2Cl)n1. The van der Waals surface area contributed by atoms with Crippen LogP contribution in [0, 0.1) is 5.82 Å². The van der Waals surface area contributed by atoms with Gasteiger partial charge in [0.25, 0.3) is 0 Å². The molecule has 3 aromatic rings. The summed E-state index contributed by atoms with van der Waals surface area (Å²) in [6.07, 6.45) is 6.71. The lowest BCUT2D eigenvalue weighted by atomic mass is 10.1. The van der Waals surface area contributed by atoms with E-state index < -0.39 is 0 Å². The maximum absolute atomic E-state index is 13.3. The summed E-state index contributed by atoms with van der Waals surface area (Å²) in [5.74, 6) is 1.12. The third kappa shape index (κ3) is 5.08. The molecular weight excluding hydrogens is 384 g/mol. The molecule has 0 amide bonds. The molecule has 0 fully saturated rings. The second kappa shape index (κ2) is 9.34. The van der Waals surface area contributed by atoms with Crippen LogP contribution in [0.15, 0.2) is 42.5 Å². The fraction of sp³-hybridized carbons (Fsp3) is 0.333. The lowest BCUT2D eigenvalue weighted by Gasteiger charge is -2.08. The van der Waals surface area contributed by atoms with Crippen molar-refractivity contribution < 1.29 is 4.39 Å². The lowest BCUT2D eigenvalue weighted by molar-refractivity contribution is 0.621. The number of benzene rings is 2. The highest BCUT2D eigenvalue weighted by atomic mass is 35.5. The minimum absolute atomic E-state index is 0.287. The van der Waals surface area contributed by atoms with Crippen molar-refractivity contribution in [2.24, 2.45) is 0 Å². The standard InChI is InChI=1S/C21H22Cl2FN3/c1-2-3-4-5-6-7-20-25-21(15-8-11-17(24)12-9-15)27(26-20)19-13-10-16(22)14-18(19)23/h8-14H,2-7H2,1H3. The van der Waals surface area contributed by atoms with Gasteiger partial charge in [-0.3, -0.25) is 0 Å². The van der Waals surface area contributed by atoms with Crippen molar-refractivity contribution in [2.75, 3.05) is 0 Å². The summed E-state index contributed by atoms with van der Waals surface area (Å²) >= 11 is 12.4. The van der Waals surface area contributed by atoms with Crippen molar-refractivity contribution in [3.05, 3.63) is 64.2 Å². The minimum Gasteiger partial charge on any atom is -0.211 e. The smallest absolute Gasteiger partial charge is 0.163 e. The molecule has 0 unspecified atom stereocenters. The Morgan fingerprint density at radius 1 is 0.963 bits per heavy atom. The Hall–Kier alpha value is -1.91. The molecular formula is C21H22Cl2FN3. The van der Waals surface area contributed by atoms with Gasteiger partial charge in [0, 0.05) is 17.0 Å². The summed E-state index contributed by atoms with van der Waals surface area (Å²) in [4.78, 5) is 4.71. The molecule has 0 aliphatic rings. The van der Waals surface area contributed by atoms with Crippen LogP contribution in [0.1, 0.15) is 44.9 Å². The van der Waals surface area contributed by atoms with Crippen LogP contribution in [-0.4, -0.2) is 14.8 Å². The van der Waals surface area contributed by atoms with Crippen molar-refractivity contribution in [2.45, 2.75) is 45.4 Å². The van der Waals surface area contributed by atoms with E-state index in [1.54, 1.807) is 28.9 Å². The van der Waals surface area contributed by atoms with E-state index in [0.717, 1.165) is 30.7 Å². The summed E-state index contributed by atoms with van der Waals surface area (Å²) in [5.41, 5.74) is 1.48. The largest absolute Gasteiger partial charge is 0.211 e. The molecule has 0 radical (unpaired) electrons. The van der Waals surface area contributed by atoms with Gasteiger partial charge in [-0.2, -0.15) is 5.10 Å². The Kier molecular flexibility index (Phi) is 6.86. The van der Waals surface area contributed by atoms with Gasteiger partial charge < -0.3 is 0 Å². The first kappa shape index (κ1) is 19.8. The van der Waals surface area contributed by atoms with Gasteiger partial charge in [-0.1, -0.05) is 55.8 Å². The van der Waals surface area contributed by atoms with E-state index >= 15 is 0 Å². The molecule has 0 aliphatic heterocycles. The monoisotopic (exact) mass is 405 g/mol. The molecule has 0 saturated carbocycles. The number of hydrogen-bond donors (Lipinski definition) is 0. The molecule has 0 aliphatic carbocycles. The lowest BCUT2D eigenvalue weighted by Crippen LogP contribution is -2.01. The van der Waals surface area contributed by atoms with Gasteiger partial charge in [-0.25, -0.2) is 14.1 Å². The molecule has 6 heteroatoms. The number of nitrogens with zero attached hydrogens (tertiary/aromatic N) is 3. The first-order valence-corrected chi connectivity index (χ1v) is 10.0. The van der Waals surface area contributed by atoms with Gasteiger partial charge in [0.1, 0.15) is 5.82 Å². The summed E-state index contributed by atoms with van der Waals surface area (Å²) in [6.45, 7) is 2.20. The predicted molar refractivity (Wildman–Crippen MR) is 109 cm³/mol. The van der Waals surface area contributed by atoms with Crippen LogP contribution in [0.2, 0.25) is 10.0 Å². The van der Waals surface area contributed by atoms with Crippen LogP contribution in [0.25, 0.3) is 17.1 Å². The van der Waals surface area contributed by atoms with Crippen LogP contribution >= 0.6 is 23.2 Å². The average molecular weight is 406 g/mol. The first-order chi connectivity index (χ1) is 13.1. The maximum atomic E-state index is 13.3. The highest BCUT2D eigenvalue weighted by Crippen LogP contribution is 2.28. The molecule has 0 spiro atoms. The zero-order valence-corrected chi connectivity index (χ0v) is 16.8. The van der Waals surface area contributed by atoms with Crippen LogP contribution in [0.5, 0.6) is 0 Å². The number of halogens is 3. The van der Waals surface area contributed by atoms with E-state index in [1.807, 2.05) is 6.07 Å². The van der Waals surface area contributed by atoms with Crippen LogP contribution in [0.4, 0.5) is 4.39 Å². The molecule has 3 rings (SSSR count). The van der Waals surface area contributed by atoms with Crippen LogP contribution in [-0.2, 0) is 6.42 Å². The molecule has 0 bridgehead atoms. The van der Waals surface area contributed by atoms with Gasteiger partial charge in [-0.15, -0.1) is 0 Å². The Balaban J connectivity index is 1.93. The number of unbranched alkanes of at least 4 members (excludes halogenated alkanes) is 4. The van der Waals surface area contributed by atoms with Gasteiger partial charge in [0.05, 0.1) is 10.7 Å². The van der Waals surface area contributed by atoms with E-state index in [0.29, 0.717) is 21.6 Å². The summed E-state index contributed by atoms with van der Waals surface area (Å²) < 4.78 is 15.0.